The van der Waals surface area contributed by atoms with Crippen LogP contribution in [0.5, 0.6) is 5.75 Å². The Morgan fingerprint density at radius 2 is 2.00 bits per heavy atom. The van der Waals surface area contributed by atoms with Crippen molar-refractivity contribution in [3.8, 4) is 23.1 Å². The molecule has 1 fully saturated rings. The van der Waals surface area contributed by atoms with Gasteiger partial charge in [0.2, 0.25) is 5.82 Å². The zero-order valence-electron chi connectivity index (χ0n) is 20.2. The van der Waals surface area contributed by atoms with Gasteiger partial charge in [0.1, 0.15) is 23.1 Å². The van der Waals surface area contributed by atoms with E-state index in [1.165, 1.54) is 0 Å². The van der Waals surface area contributed by atoms with Crippen molar-refractivity contribution >= 4 is 17.1 Å². The molecule has 0 unspecified atom stereocenters. The number of rotatable bonds is 5. The Balaban J connectivity index is 1.32. The van der Waals surface area contributed by atoms with Gasteiger partial charge < -0.3 is 19.4 Å². The Morgan fingerprint density at radius 3 is 2.68 bits per heavy atom. The summed E-state index contributed by atoms with van der Waals surface area (Å²) in [6.45, 7) is 9.77. The van der Waals surface area contributed by atoms with Crippen molar-refractivity contribution in [2.75, 3.05) is 19.7 Å². The summed E-state index contributed by atoms with van der Waals surface area (Å²) in [5, 5.41) is 10.1. The maximum Gasteiger partial charge on any atom is 0.410 e. The highest BCUT2D eigenvalue weighted by atomic mass is 16.6. The molecular formula is C26H31N5O3. The van der Waals surface area contributed by atoms with Crippen LogP contribution in [0, 0.1) is 24.2 Å². The quantitative estimate of drug-likeness (QED) is 0.558. The van der Waals surface area contributed by atoms with Gasteiger partial charge in [-0.05, 0) is 82.7 Å². The molecule has 0 saturated carbocycles. The number of nitrogens with one attached hydrogen (secondary N) is 1. The molecule has 8 heteroatoms. The topological polar surface area (TPSA) is 104 Å². The van der Waals surface area contributed by atoms with Gasteiger partial charge in [-0.25, -0.2) is 14.8 Å². The molecule has 1 aromatic carbocycles. The molecule has 4 rings (SSSR count). The third-order valence-corrected chi connectivity index (χ3v) is 6.01. The lowest BCUT2D eigenvalue weighted by Crippen LogP contribution is -2.41. The second-order valence-corrected chi connectivity index (χ2v) is 9.78. The first-order chi connectivity index (χ1) is 16.2. The number of carbonyl (C=O) groups is 1. The van der Waals surface area contributed by atoms with Crippen LogP contribution >= 0.6 is 0 Å². The third kappa shape index (κ3) is 5.48. The van der Waals surface area contributed by atoms with E-state index in [1.54, 1.807) is 11.1 Å². The van der Waals surface area contributed by atoms with Crippen LogP contribution in [0.15, 0.2) is 30.5 Å². The maximum absolute atomic E-state index is 12.2. The van der Waals surface area contributed by atoms with Gasteiger partial charge in [0, 0.05) is 30.2 Å². The zero-order chi connectivity index (χ0) is 24.3. The monoisotopic (exact) mass is 461 g/mol. The van der Waals surface area contributed by atoms with E-state index in [0.29, 0.717) is 18.2 Å². The lowest BCUT2D eigenvalue weighted by Gasteiger charge is -2.33. The first-order valence-electron chi connectivity index (χ1n) is 11.7. The summed E-state index contributed by atoms with van der Waals surface area (Å²) in [4.78, 5) is 25.7. The first-order valence-corrected chi connectivity index (χ1v) is 11.7. The van der Waals surface area contributed by atoms with Crippen LogP contribution in [-0.4, -0.2) is 51.2 Å². The number of aromatic nitrogens is 3. The molecule has 8 nitrogen and oxygen atoms in total. The van der Waals surface area contributed by atoms with E-state index < -0.39 is 5.60 Å². The number of benzene rings is 1. The Kier molecular flexibility index (Phi) is 6.73. The van der Waals surface area contributed by atoms with E-state index in [-0.39, 0.29) is 11.9 Å². The molecule has 3 heterocycles. The van der Waals surface area contributed by atoms with E-state index >= 15 is 0 Å². The van der Waals surface area contributed by atoms with Crippen LogP contribution in [0.1, 0.15) is 51.4 Å². The molecule has 1 N–H and O–H groups in total. The highest BCUT2D eigenvalue weighted by Crippen LogP contribution is 2.30. The van der Waals surface area contributed by atoms with Crippen molar-refractivity contribution < 1.29 is 14.3 Å². The van der Waals surface area contributed by atoms with Gasteiger partial charge >= 0.3 is 6.09 Å². The predicted molar refractivity (Wildman–Crippen MR) is 129 cm³/mol. The van der Waals surface area contributed by atoms with Gasteiger partial charge in [-0.15, -0.1) is 0 Å². The molecule has 0 atom stereocenters. The Morgan fingerprint density at radius 1 is 1.24 bits per heavy atom. The van der Waals surface area contributed by atoms with Crippen LogP contribution in [0.3, 0.4) is 0 Å². The SMILES string of the molecule is Cc1cc(-c2nc(C#N)nc3[nH]ccc23)ccc1OCCC1CCN(C(=O)OC(C)(C)C)CC1. The van der Waals surface area contributed by atoms with Gasteiger partial charge in [0.05, 0.1) is 12.3 Å². The van der Waals surface area contributed by atoms with Gasteiger partial charge in [0.25, 0.3) is 0 Å². The standard InChI is InChI=1S/C26H31N5O3/c1-17-15-19(23-20-7-11-28-24(20)30-22(16-27)29-23)5-6-21(17)33-14-10-18-8-12-31(13-9-18)25(32)34-26(2,3)4/h5-7,11,15,18H,8-10,12-14H2,1-4H3,(H,28,29,30). The van der Waals surface area contributed by atoms with Crippen molar-refractivity contribution in [1.29, 1.82) is 5.26 Å². The van der Waals surface area contributed by atoms with Crippen molar-refractivity contribution in [2.24, 2.45) is 5.92 Å². The maximum atomic E-state index is 12.2. The fraction of sp³-hybridized carbons (Fsp3) is 0.462. The number of nitriles is 1. The largest absolute Gasteiger partial charge is 0.493 e. The van der Waals surface area contributed by atoms with Crippen LogP contribution in [0.25, 0.3) is 22.3 Å². The normalized spacial score (nSPS) is 14.7. The van der Waals surface area contributed by atoms with Crippen LogP contribution in [-0.2, 0) is 4.74 Å². The van der Waals surface area contributed by atoms with E-state index in [0.717, 1.165) is 60.3 Å². The predicted octanol–water partition coefficient (Wildman–Crippen LogP) is 5.22. The minimum absolute atomic E-state index is 0.139. The molecule has 34 heavy (non-hydrogen) atoms. The van der Waals surface area contributed by atoms with E-state index in [1.807, 2.05) is 58.0 Å². The second kappa shape index (κ2) is 9.72. The molecule has 0 aliphatic carbocycles. The number of likely N-dealkylation sites (tertiary alicyclic amines) is 1. The fourth-order valence-electron chi connectivity index (χ4n) is 4.24. The average Bonchev–Trinajstić information content (AvgIpc) is 3.27. The molecule has 178 valence electrons. The number of hydrogen-bond acceptors (Lipinski definition) is 6. The number of aromatic amines is 1. The summed E-state index contributed by atoms with van der Waals surface area (Å²) >= 11 is 0. The Labute approximate surface area is 199 Å². The molecule has 3 aromatic rings. The summed E-state index contributed by atoms with van der Waals surface area (Å²) in [6.07, 6.45) is 4.45. The van der Waals surface area contributed by atoms with Crippen molar-refractivity contribution in [3.63, 3.8) is 0 Å². The van der Waals surface area contributed by atoms with Crippen molar-refractivity contribution in [3.05, 3.63) is 41.9 Å². The van der Waals surface area contributed by atoms with Gasteiger partial charge in [-0.3, -0.25) is 0 Å². The van der Waals surface area contributed by atoms with Crippen LogP contribution in [0.4, 0.5) is 4.79 Å². The molecule has 2 aromatic heterocycles. The molecule has 0 bridgehead atoms. The van der Waals surface area contributed by atoms with Crippen LogP contribution in [0.2, 0.25) is 0 Å². The lowest BCUT2D eigenvalue weighted by molar-refractivity contribution is 0.0177. The number of H-pyrrole nitrogens is 1. The molecular weight excluding hydrogens is 430 g/mol. The van der Waals surface area contributed by atoms with Gasteiger partial charge in [0.15, 0.2) is 0 Å². The molecule has 0 spiro atoms. The molecule has 1 amide bonds. The first kappa shape index (κ1) is 23.6. The van der Waals surface area contributed by atoms with E-state index in [2.05, 4.69) is 15.0 Å². The third-order valence-electron chi connectivity index (χ3n) is 6.01. The molecule has 1 aliphatic heterocycles. The summed E-state index contributed by atoms with van der Waals surface area (Å²) in [5.41, 5.74) is 2.85. The molecule has 0 radical (unpaired) electrons. The lowest BCUT2D eigenvalue weighted by atomic mass is 9.94. The van der Waals surface area contributed by atoms with Gasteiger partial charge in [-0.1, -0.05) is 0 Å². The summed E-state index contributed by atoms with van der Waals surface area (Å²) in [7, 11) is 0. The number of aryl methyl sites for hydroxylation is 1. The van der Waals surface area contributed by atoms with E-state index in [9.17, 15) is 10.1 Å². The summed E-state index contributed by atoms with van der Waals surface area (Å²) < 4.78 is 11.6. The van der Waals surface area contributed by atoms with Crippen molar-refractivity contribution in [2.45, 2.75) is 52.6 Å². The number of nitrogens with zero attached hydrogens (tertiary/aromatic N) is 4. The molecule has 1 aliphatic rings. The minimum Gasteiger partial charge on any atom is -0.493 e. The van der Waals surface area contributed by atoms with Crippen LogP contribution < -0.4 is 4.74 Å². The minimum atomic E-state index is -0.464. The van der Waals surface area contributed by atoms with Gasteiger partial charge in [-0.2, -0.15) is 5.26 Å². The Bertz CT molecular complexity index is 1210. The number of ether oxygens (including phenoxy) is 2. The van der Waals surface area contributed by atoms with E-state index in [4.69, 9.17) is 9.47 Å². The Hall–Kier alpha value is -3.60. The number of hydrogen-bond donors (Lipinski definition) is 1. The number of carbonyl (C=O) groups excluding carboxylic acids is 1. The smallest absolute Gasteiger partial charge is 0.410 e. The highest BCUT2D eigenvalue weighted by molar-refractivity contribution is 5.91. The zero-order valence-corrected chi connectivity index (χ0v) is 20.2. The molecule has 1 saturated heterocycles. The van der Waals surface area contributed by atoms with Crippen molar-refractivity contribution in [1.82, 2.24) is 19.9 Å². The average molecular weight is 462 g/mol. The number of amides is 1. The summed E-state index contributed by atoms with van der Waals surface area (Å²) in [5.74, 6) is 1.51. The fourth-order valence-corrected chi connectivity index (χ4v) is 4.24. The second-order valence-electron chi connectivity index (χ2n) is 9.78. The number of fused-ring (bicyclic) bond motifs is 1. The highest BCUT2D eigenvalue weighted by Gasteiger charge is 2.26. The number of piperidine rings is 1. The summed E-state index contributed by atoms with van der Waals surface area (Å²) in [6, 6.07) is 9.91.